The summed E-state index contributed by atoms with van der Waals surface area (Å²) in [5.41, 5.74) is 6.13. The highest BCUT2D eigenvalue weighted by Gasteiger charge is 1.98. The molecule has 1 rings (SSSR count). The lowest BCUT2D eigenvalue weighted by molar-refractivity contribution is 0.210. The average Bonchev–Trinajstić information content (AvgIpc) is 2.03. The van der Waals surface area contributed by atoms with Gasteiger partial charge in [0, 0.05) is 5.69 Å². The first kappa shape index (κ1) is 8.84. The van der Waals surface area contributed by atoms with Crippen LogP contribution in [0.3, 0.4) is 0 Å². The molecule has 0 aliphatic rings. The molecule has 2 N–H and O–H groups in total. The average molecular weight is 169 g/mol. The number of nitrogens with two attached hydrogens (primary N) is 1. The molecule has 2 nitrogen and oxygen atoms in total. The molecule has 0 amide bonds. The van der Waals surface area contributed by atoms with Crippen molar-refractivity contribution >= 4 is 5.69 Å². The number of anilines is 1. The van der Waals surface area contributed by atoms with Crippen LogP contribution in [0.5, 0.6) is 5.75 Å². The van der Waals surface area contributed by atoms with Crippen LogP contribution < -0.4 is 10.5 Å². The van der Waals surface area contributed by atoms with Gasteiger partial charge in [-0.25, -0.2) is 4.39 Å². The Morgan fingerprint density at radius 3 is 2.50 bits per heavy atom. The molecule has 0 aliphatic heterocycles. The van der Waals surface area contributed by atoms with Crippen molar-refractivity contribution in [3.63, 3.8) is 0 Å². The maximum atomic E-state index is 12.3. The molecule has 0 radical (unpaired) electrons. The summed E-state index contributed by atoms with van der Waals surface area (Å²) in [5.74, 6) is 0.647. The molecule has 0 saturated heterocycles. The largest absolute Gasteiger partial charge is 0.491 e. The van der Waals surface area contributed by atoms with Crippen LogP contribution >= 0.6 is 0 Å². The first-order chi connectivity index (χ1) is 5.68. The van der Waals surface area contributed by atoms with Gasteiger partial charge in [-0.3, -0.25) is 0 Å². The second-order valence-electron chi connectivity index (χ2n) is 2.66. The van der Waals surface area contributed by atoms with E-state index in [2.05, 4.69) is 0 Å². The molecule has 1 atom stereocenters. The molecule has 66 valence electrons. The number of nitrogen functional groups attached to an aromatic ring is 1. The Labute approximate surface area is 71.1 Å². The molecular weight excluding hydrogens is 157 g/mol. The normalized spacial score (nSPS) is 12.5. The topological polar surface area (TPSA) is 35.2 Å². The van der Waals surface area contributed by atoms with Gasteiger partial charge in [-0.2, -0.15) is 0 Å². The number of alkyl halides is 1. The van der Waals surface area contributed by atoms with Crippen molar-refractivity contribution in [2.75, 3.05) is 12.3 Å². The van der Waals surface area contributed by atoms with E-state index in [4.69, 9.17) is 10.5 Å². The van der Waals surface area contributed by atoms with Crippen molar-refractivity contribution in [1.82, 2.24) is 0 Å². The highest BCUT2D eigenvalue weighted by molar-refractivity contribution is 5.41. The van der Waals surface area contributed by atoms with E-state index in [0.29, 0.717) is 11.4 Å². The highest BCUT2D eigenvalue weighted by Crippen LogP contribution is 2.13. The standard InChI is InChI=1S/C9H12FNO/c1-7(10)6-12-9-4-2-8(11)3-5-9/h2-5,7H,6,11H2,1H3/t7-/m1/s1. The summed E-state index contributed by atoms with van der Waals surface area (Å²) in [6.45, 7) is 1.54. The molecule has 3 heteroatoms. The third kappa shape index (κ3) is 2.78. The molecule has 0 bridgehead atoms. The molecule has 0 saturated carbocycles. The summed E-state index contributed by atoms with van der Waals surface area (Å²) in [4.78, 5) is 0. The van der Waals surface area contributed by atoms with Gasteiger partial charge in [0.15, 0.2) is 0 Å². The van der Waals surface area contributed by atoms with Crippen LogP contribution in [0.4, 0.5) is 10.1 Å². The van der Waals surface area contributed by atoms with Crippen LogP contribution in [0.15, 0.2) is 24.3 Å². The highest BCUT2D eigenvalue weighted by atomic mass is 19.1. The van der Waals surface area contributed by atoms with Crippen LogP contribution in [-0.4, -0.2) is 12.8 Å². The number of hydrogen-bond donors (Lipinski definition) is 1. The summed E-state index contributed by atoms with van der Waals surface area (Å²) in [6.07, 6.45) is -0.942. The fraction of sp³-hybridized carbons (Fsp3) is 0.333. The van der Waals surface area contributed by atoms with Gasteiger partial charge >= 0.3 is 0 Å². The SMILES string of the molecule is C[C@@H](F)COc1ccc(N)cc1. The van der Waals surface area contributed by atoms with Crippen molar-refractivity contribution in [2.45, 2.75) is 13.1 Å². The quantitative estimate of drug-likeness (QED) is 0.702. The molecule has 12 heavy (non-hydrogen) atoms. The third-order valence-electron chi connectivity index (χ3n) is 1.36. The molecule has 1 aromatic rings. The summed E-state index contributed by atoms with van der Waals surface area (Å²) in [6, 6.07) is 6.88. The monoisotopic (exact) mass is 169 g/mol. The molecular formula is C9H12FNO. The molecule has 0 aromatic heterocycles. The van der Waals surface area contributed by atoms with Crippen LogP contribution in [0.1, 0.15) is 6.92 Å². The van der Waals surface area contributed by atoms with Gasteiger partial charge in [-0.15, -0.1) is 0 Å². The van der Waals surface area contributed by atoms with Crippen molar-refractivity contribution in [2.24, 2.45) is 0 Å². The summed E-state index contributed by atoms with van der Waals surface area (Å²) in [7, 11) is 0. The van der Waals surface area contributed by atoms with E-state index < -0.39 is 6.17 Å². The Kier molecular flexibility index (Phi) is 2.91. The smallest absolute Gasteiger partial charge is 0.131 e. The first-order valence-corrected chi connectivity index (χ1v) is 3.81. The number of hydrogen-bond acceptors (Lipinski definition) is 2. The predicted octanol–water partition coefficient (Wildman–Crippen LogP) is 2.01. The van der Waals surface area contributed by atoms with Gasteiger partial charge in [0.2, 0.25) is 0 Å². The summed E-state index contributed by atoms with van der Waals surface area (Å²) < 4.78 is 17.4. The minimum Gasteiger partial charge on any atom is -0.491 e. The molecule has 0 unspecified atom stereocenters. The van der Waals surface area contributed by atoms with Crippen LogP contribution in [0.2, 0.25) is 0 Å². The van der Waals surface area contributed by atoms with Crippen molar-refractivity contribution in [1.29, 1.82) is 0 Å². The van der Waals surface area contributed by atoms with Gasteiger partial charge in [-0.05, 0) is 31.2 Å². The maximum absolute atomic E-state index is 12.3. The fourth-order valence-corrected chi connectivity index (χ4v) is 0.775. The van der Waals surface area contributed by atoms with E-state index in [9.17, 15) is 4.39 Å². The van der Waals surface area contributed by atoms with Gasteiger partial charge in [0.05, 0.1) is 0 Å². The van der Waals surface area contributed by atoms with Gasteiger partial charge in [0.1, 0.15) is 18.5 Å². The lowest BCUT2D eigenvalue weighted by Crippen LogP contribution is -2.08. The van der Waals surface area contributed by atoms with Crippen molar-refractivity contribution < 1.29 is 9.13 Å². The lowest BCUT2D eigenvalue weighted by atomic mass is 10.3. The van der Waals surface area contributed by atoms with Crippen LogP contribution in [0, 0.1) is 0 Å². The summed E-state index contributed by atoms with van der Waals surface area (Å²) in [5, 5.41) is 0. The second-order valence-corrected chi connectivity index (χ2v) is 2.66. The lowest BCUT2D eigenvalue weighted by Gasteiger charge is -2.06. The Morgan fingerprint density at radius 2 is 2.00 bits per heavy atom. The van der Waals surface area contributed by atoms with Gasteiger partial charge in [-0.1, -0.05) is 0 Å². The zero-order valence-corrected chi connectivity index (χ0v) is 6.96. The minimum absolute atomic E-state index is 0.0872. The van der Waals surface area contributed by atoms with E-state index in [1.807, 2.05) is 0 Å². The van der Waals surface area contributed by atoms with Crippen molar-refractivity contribution in [3.05, 3.63) is 24.3 Å². The zero-order valence-electron chi connectivity index (χ0n) is 6.96. The predicted molar refractivity (Wildman–Crippen MR) is 46.9 cm³/mol. The third-order valence-corrected chi connectivity index (χ3v) is 1.36. The fourth-order valence-electron chi connectivity index (χ4n) is 0.775. The van der Waals surface area contributed by atoms with Crippen molar-refractivity contribution in [3.8, 4) is 5.75 Å². The summed E-state index contributed by atoms with van der Waals surface area (Å²) >= 11 is 0. The Hall–Kier alpha value is -1.25. The van der Waals surface area contributed by atoms with Crippen LogP contribution in [0.25, 0.3) is 0 Å². The molecule has 0 fully saturated rings. The van der Waals surface area contributed by atoms with Gasteiger partial charge in [0.25, 0.3) is 0 Å². The second kappa shape index (κ2) is 3.95. The molecule has 0 aliphatic carbocycles. The van der Waals surface area contributed by atoms with Gasteiger partial charge < -0.3 is 10.5 Å². The Morgan fingerprint density at radius 1 is 1.42 bits per heavy atom. The molecule has 0 heterocycles. The van der Waals surface area contributed by atoms with Crippen LogP contribution in [-0.2, 0) is 0 Å². The number of rotatable bonds is 3. The Balaban J connectivity index is 2.48. The zero-order chi connectivity index (χ0) is 8.97. The van der Waals surface area contributed by atoms with E-state index >= 15 is 0 Å². The maximum Gasteiger partial charge on any atom is 0.131 e. The van der Waals surface area contributed by atoms with E-state index in [1.165, 1.54) is 6.92 Å². The molecule has 1 aromatic carbocycles. The van der Waals surface area contributed by atoms with E-state index in [-0.39, 0.29) is 6.61 Å². The Bertz CT molecular complexity index is 233. The number of ether oxygens (including phenoxy) is 1. The first-order valence-electron chi connectivity index (χ1n) is 3.81. The number of benzene rings is 1. The number of halogens is 1. The van der Waals surface area contributed by atoms with E-state index in [1.54, 1.807) is 24.3 Å². The molecule has 0 spiro atoms. The minimum atomic E-state index is -0.942. The van der Waals surface area contributed by atoms with E-state index in [0.717, 1.165) is 0 Å².